The van der Waals surface area contributed by atoms with E-state index in [-0.39, 0.29) is 17.7 Å². The summed E-state index contributed by atoms with van der Waals surface area (Å²) in [7, 11) is 0. The van der Waals surface area contributed by atoms with Crippen LogP contribution in [-0.2, 0) is 4.74 Å². The standard InChI is InChI=1S/C19H22N4O4/c1-3-27-19(26)23-10-8-22(9-11-23)17(24)16-12-15(20-18(25)21-16)14-6-4-13(2)5-7-14/h4-7,12H,3,8-11H2,1-2H3,(H,20,21,25). The molecule has 0 radical (unpaired) electrons. The largest absolute Gasteiger partial charge is 0.450 e. The quantitative estimate of drug-likeness (QED) is 0.886. The third-order valence-electron chi connectivity index (χ3n) is 4.42. The maximum absolute atomic E-state index is 12.8. The van der Waals surface area contributed by atoms with Gasteiger partial charge in [-0.15, -0.1) is 0 Å². The van der Waals surface area contributed by atoms with Crippen LogP contribution in [0.1, 0.15) is 23.0 Å². The first-order chi connectivity index (χ1) is 13.0. The Kier molecular flexibility index (Phi) is 5.54. The molecule has 142 valence electrons. The molecule has 1 aliphatic rings. The first kappa shape index (κ1) is 18.6. The fourth-order valence-electron chi connectivity index (χ4n) is 2.92. The molecule has 1 fully saturated rings. The van der Waals surface area contributed by atoms with E-state index >= 15 is 0 Å². The Morgan fingerprint density at radius 2 is 1.74 bits per heavy atom. The number of hydrogen-bond acceptors (Lipinski definition) is 5. The van der Waals surface area contributed by atoms with Crippen molar-refractivity contribution in [2.75, 3.05) is 32.8 Å². The van der Waals surface area contributed by atoms with Crippen molar-refractivity contribution in [3.63, 3.8) is 0 Å². The van der Waals surface area contributed by atoms with Crippen LogP contribution in [0.15, 0.2) is 35.1 Å². The Hall–Kier alpha value is -3.16. The van der Waals surface area contributed by atoms with E-state index in [1.54, 1.807) is 22.8 Å². The molecule has 1 saturated heterocycles. The normalized spacial score (nSPS) is 14.1. The number of aryl methyl sites for hydroxylation is 1. The maximum Gasteiger partial charge on any atom is 0.409 e. The monoisotopic (exact) mass is 370 g/mol. The number of piperazine rings is 1. The first-order valence-electron chi connectivity index (χ1n) is 8.87. The van der Waals surface area contributed by atoms with E-state index < -0.39 is 5.69 Å². The smallest absolute Gasteiger partial charge is 0.409 e. The lowest BCUT2D eigenvalue weighted by Crippen LogP contribution is -2.51. The van der Waals surface area contributed by atoms with E-state index in [1.165, 1.54) is 0 Å². The highest BCUT2D eigenvalue weighted by atomic mass is 16.6. The van der Waals surface area contributed by atoms with Crippen LogP contribution in [0.4, 0.5) is 4.79 Å². The van der Waals surface area contributed by atoms with Crippen LogP contribution in [0.3, 0.4) is 0 Å². The Morgan fingerprint density at radius 3 is 2.37 bits per heavy atom. The van der Waals surface area contributed by atoms with Crippen LogP contribution in [-0.4, -0.2) is 64.6 Å². The number of benzene rings is 1. The molecular formula is C19H22N4O4. The topological polar surface area (TPSA) is 95.6 Å². The molecule has 0 bridgehead atoms. The van der Waals surface area contributed by atoms with E-state index in [9.17, 15) is 14.4 Å². The number of nitrogens with zero attached hydrogens (tertiary/aromatic N) is 3. The molecule has 1 N–H and O–H groups in total. The van der Waals surface area contributed by atoms with Crippen LogP contribution in [0.5, 0.6) is 0 Å². The average molecular weight is 370 g/mol. The van der Waals surface area contributed by atoms with Gasteiger partial charge in [0.15, 0.2) is 0 Å². The van der Waals surface area contributed by atoms with Crippen molar-refractivity contribution in [1.29, 1.82) is 0 Å². The zero-order chi connectivity index (χ0) is 19.4. The van der Waals surface area contributed by atoms with E-state index in [1.807, 2.05) is 31.2 Å². The molecule has 0 aliphatic carbocycles. The molecule has 2 amide bonds. The predicted octanol–water partition coefficient (Wildman–Crippen LogP) is 1.66. The van der Waals surface area contributed by atoms with Crippen molar-refractivity contribution in [3.05, 3.63) is 52.1 Å². The molecule has 3 rings (SSSR count). The number of H-pyrrole nitrogens is 1. The number of aromatic amines is 1. The second-order valence-electron chi connectivity index (χ2n) is 6.33. The van der Waals surface area contributed by atoms with Crippen molar-refractivity contribution in [2.45, 2.75) is 13.8 Å². The van der Waals surface area contributed by atoms with Crippen molar-refractivity contribution in [1.82, 2.24) is 19.8 Å². The Labute approximate surface area is 156 Å². The number of hydrogen-bond donors (Lipinski definition) is 1. The molecule has 2 heterocycles. The van der Waals surface area contributed by atoms with E-state index in [2.05, 4.69) is 9.97 Å². The third-order valence-corrected chi connectivity index (χ3v) is 4.42. The number of amides is 2. The summed E-state index contributed by atoms with van der Waals surface area (Å²) >= 11 is 0. The highest BCUT2D eigenvalue weighted by Crippen LogP contribution is 2.17. The van der Waals surface area contributed by atoms with Gasteiger partial charge in [-0.3, -0.25) is 4.79 Å². The zero-order valence-corrected chi connectivity index (χ0v) is 15.4. The number of rotatable bonds is 3. The molecule has 1 aromatic carbocycles. The van der Waals surface area contributed by atoms with Crippen LogP contribution in [0.2, 0.25) is 0 Å². The molecule has 8 nitrogen and oxygen atoms in total. The molecule has 2 aromatic rings. The van der Waals surface area contributed by atoms with Crippen LogP contribution in [0, 0.1) is 6.92 Å². The van der Waals surface area contributed by atoms with Gasteiger partial charge in [0.25, 0.3) is 5.91 Å². The molecule has 1 aromatic heterocycles. The Bertz CT molecular complexity index is 883. The van der Waals surface area contributed by atoms with Gasteiger partial charge in [0.2, 0.25) is 0 Å². The second kappa shape index (κ2) is 8.03. The summed E-state index contributed by atoms with van der Waals surface area (Å²) in [5.74, 6) is -0.286. The molecule has 27 heavy (non-hydrogen) atoms. The van der Waals surface area contributed by atoms with Gasteiger partial charge in [-0.25, -0.2) is 9.59 Å². The van der Waals surface area contributed by atoms with Gasteiger partial charge in [0.05, 0.1) is 12.3 Å². The van der Waals surface area contributed by atoms with Gasteiger partial charge in [0, 0.05) is 31.7 Å². The van der Waals surface area contributed by atoms with Crippen molar-refractivity contribution >= 4 is 12.0 Å². The molecule has 0 unspecified atom stereocenters. The predicted molar refractivity (Wildman–Crippen MR) is 99.5 cm³/mol. The number of carbonyl (C=O) groups is 2. The summed E-state index contributed by atoms with van der Waals surface area (Å²) in [5, 5.41) is 0. The second-order valence-corrected chi connectivity index (χ2v) is 6.33. The minimum Gasteiger partial charge on any atom is -0.450 e. The van der Waals surface area contributed by atoms with E-state index in [0.717, 1.165) is 11.1 Å². The highest BCUT2D eigenvalue weighted by molar-refractivity contribution is 5.93. The Balaban J connectivity index is 1.75. The number of nitrogens with one attached hydrogen (secondary N) is 1. The average Bonchev–Trinajstić information content (AvgIpc) is 2.68. The van der Waals surface area contributed by atoms with Crippen LogP contribution < -0.4 is 5.69 Å². The van der Waals surface area contributed by atoms with Crippen molar-refractivity contribution in [2.24, 2.45) is 0 Å². The van der Waals surface area contributed by atoms with Gasteiger partial charge < -0.3 is 19.5 Å². The minimum absolute atomic E-state index is 0.190. The summed E-state index contributed by atoms with van der Waals surface area (Å²) < 4.78 is 4.98. The number of ether oxygens (including phenoxy) is 1. The van der Waals surface area contributed by atoms with Gasteiger partial charge in [-0.2, -0.15) is 4.98 Å². The molecule has 1 aliphatic heterocycles. The van der Waals surface area contributed by atoms with Gasteiger partial charge in [0.1, 0.15) is 5.69 Å². The van der Waals surface area contributed by atoms with E-state index in [4.69, 9.17) is 4.74 Å². The lowest BCUT2D eigenvalue weighted by Gasteiger charge is -2.33. The SMILES string of the molecule is CCOC(=O)N1CCN(C(=O)c2cc(-c3ccc(C)cc3)nc(=O)[nH]2)CC1. The number of aromatic nitrogens is 2. The van der Waals surface area contributed by atoms with Crippen LogP contribution >= 0.6 is 0 Å². The third kappa shape index (κ3) is 4.33. The summed E-state index contributed by atoms with van der Waals surface area (Å²) in [6.07, 6.45) is -0.372. The molecule has 0 saturated carbocycles. The van der Waals surface area contributed by atoms with Gasteiger partial charge >= 0.3 is 11.8 Å². The summed E-state index contributed by atoms with van der Waals surface area (Å²) in [6.45, 7) is 5.58. The molecule has 0 atom stereocenters. The fourth-order valence-corrected chi connectivity index (χ4v) is 2.92. The lowest BCUT2D eigenvalue weighted by molar-refractivity contribution is 0.0565. The first-order valence-corrected chi connectivity index (χ1v) is 8.87. The van der Waals surface area contributed by atoms with Crippen molar-refractivity contribution in [3.8, 4) is 11.3 Å². The summed E-state index contributed by atoms with van der Waals surface area (Å²) in [6, 6.07) is 9.17. The van der Waals surface area contributed by atoms with Gasteiger partial charge in [-0.05, 0) is 19.9 Å². The van der Waals surface area contributed by atoms with Gasteiger partial charge in [-0.1, -0.05) is 29.8 Å². The maximum atomic E-state index is 12.8. The van der Waals surface area contributed by atoms with E-state index in [0.29, 0.717) is 38.5 Å². The molecular weight excluding hydrogens is 348 g/mol. The molecule has 0 spiro atoms. The number of carbonyl (C=O) groups excluding carboxylic acids is 2. The fraction of sp³-hybridized carbons (Fsp3) is 0.368. The lowest BCUT2D eigenvalue weighted by atomic mass is 10.1. The minimum atomic E-state index is -0.568. The zero-order valence-electron chi connectivity index (χ0n) is 15.4. The summed E-state index contributed by atoms with van der Waals surface area (Å²) in [5.41, 5.74) is 1.94. The van der Waals surface area contributed by atoms with Crippen LogP contribution in [0.25, 0.3) is 11.3 Å². The molecule has 8 heteroatoms. The Morgan fingerprint density at radius 1 is 1.11 bits per heavy atom. The highest BCUT2D eigenvalue weighted by Gasteiger charge is 2.26. The van der Waals surface area contributed by atoms with Crippen molar-refractivity contribution < 1.29 is 14.3 Å². The summed E-state index contributed by atoms with van der Waals surface area (Å²) in [4.78, 5) is 46.2.